The Bertz CT molecular complexity index is 532. The maximum absolute atomic E-state index is 11.4. The van der Waals surface area contributed by atoms with Crippen molar-refractivity contribution in [3.05, 3.63) is 16.5 Å². The van der Waals surface area contributed by atoms with Crippen LogP contribution < -0.4 is 10.2 Å². The quantitative estimate of drug-likeness (QED) is 0.511. The summed E-state index contributed by atoms with van der Waals surface area (Å²) >= 11 is 11.6. The number of rotatable bonds is 2. The van der Waals surface area contributed by atoms with Gasteiger partial charge in [0, 0.05) is 25.2 Å². The van der Waals surface area contributed by atoms with Crippen molar-refractivity contribution >= 4 is 34.9 Å². The lowest BCUT2D eigenvalue weighted by molar-refractivity contribution is -0.116. The standard InChI is InChI=1S/C12H12Cl2N4O/c1-2-3-11(19)15-8-4-5-18(7-8)10-6-9(13)16-12(14)17-10/h6,8H,4-5,7H2,1H3,(H,15,19). The van der Waals surface area contributed by atoms with Crippen LogP contribution in [-0.4, -0.2) is 35.0 Å². The van der Waals surface area contributed by atoms with Crippen molar-refractivity contribution in [3.63, 3.8) is 0 Å². The lowest BCUT2D eigenvalue weighted by atomic mass is 10.2. The Morgan fingerprint density at radius 1 is 1.53 bits per heavy atom. The van der Waals surface area contributed by atoms with E-state index in [2.05, 4.69) is 27.1 Å². The number of amides is 1. The molecular weight excluding hydrogens is 287 g/mol. The molecule has 2 rings (SSSR count). The van der Waals surface area contributed by atoms with Gasteiger partial charge in [-0.25, -0.2) is 9.97 Å². The topological polar surface area (TPSA) is 58.1 Å². The van der Waals surface area contributed by atoms with Crippen LogP contribution in [0.25, 0.3) is 0 Å². The third-order valence-electron chi connectivity index (χ3n) is 2.74. The smallest absolute Gasteiger partial charge is 0.296 e. The fourth-order valence-corrected chi connectivity index (χ4v) is 2.36. The van der Waals surface area contributed by atoms with Crippen molar-refractivity contribution in [1.82, 2.24) is 15.3 Å². The molecule has 1 aromatic rings. The van der Waals surface area contributed by atoms with Crippen LogP contribution in [0, 0.1) is 11.8 Å². The number of nitrogens with one attached hydrogen (secondary N) is 1. The number of halogens is 2. The van der Waals surface area contributed by atoms with Crippen LogP contribution in [0.4, 0.5) is 5.82 Å². The van der Waals surface area contributed by atoms with Gasteiger partial charge in [-0.05, 0) is 30.9 Å². The van der Waals surface area contributed by atoms with Crippen molar-refractivity contribution < 1.29 is 4.79 Å². The van der Waals surface area contributed by atoms with Crippen LogP contribution in [0.15, 0.2) is 6.07 Å². The maximum atomic E-state index is 11.4. The molecule has 0 radical (unpaired) electrons. The minimum atomic E-state index is -0.256. The van der Waals surface area contributed by atoms with Crippen molar-refractivity contribution in [2.45, 2.75) is 19.4 Å². The second-order valence-corrected chi connectivity index (χ2v) is 4.82. The zero-order chi connectivity index (χ0) is 13.8. The summed E-state index contributed by atoms with van der Waals surface area (Å²) in [4.78, 5) is 21.3. The summed E-state index contributed by atoms with van der Waals surface area (Å²) in [5.41, 5.74) is 0. The van der Waals surface area contributed by atoms with Gasteiger partial charge in [-0.2, -0.15) is 0 Å². The zero-order valence-electron chi connectivity index (χ0n) is 10.3. The molecule has 1 aromatic heterocycles. The molecule has 1 saturated heterocycles. The fraction of sp³-hybridized carbons (Fsp3) is 0.417. The van der Waals surface area contributed by atoms with Gasteiger partial charge in [0.05, 0.1) is 0 Å². The van der Waals surface area contributed by atoms with E-state index in [1.807, 2.05) is 4.90 Å². The van der Waals surface area contributed by atoms with Crippen molar-refractivity contribution in [3.8, 4) is 11.8 Å². The largest absolute Gasteiger partial charge is 0.354 e. The van der Waals surface area contributed by atoms with Gasteiger partial charge in [-0.3, -0.25) is 4.79 Å². The van der Waals surface area contributed by atoms with Gasteiger partial charge >= 0.3 is 0 Å². The van der Waals surface area contributed by atoms with E-state index in [1.165, 1.54) is 0 Å². The molecule has 2 heterocycles. The van der Waals surface area contributed by atoms with Gasteiger partial charge in [0.25, 0.3) is 5.91 Å². The van der Waals surface area contributed by atoms with Gasteiger partial charge in [-0.1, -0.05) is 17.5 Å². The molecule has 1 unspecified atom stereocenters. The number of nitrogens with zero attached hydrogens (tertiary/aromatic N) is 3. The van der Waals surface area contributed by atoms with Crippen LogP contribution >= 0.6 is 23.2 Å². The molecule has 7 heteroatoms. The van der Waals surface area contributed by atoms with Crippen LogP contribution in [0.5, 0.6) is 0 Å². The summed E-state index contributed by atoms with van der Waals surface area (Å²) < 4.78 is 0. The average molecular weight is 299 g/mol. The maximum Gasteiger partial charge on any atom is 0.296 e. The molecule has 1 N–H and O–H groups in total. The Morgan fingerprint density at radius 2 is 2.32 bits per heavy atom. The summed E-state index contributed by atoms with van der Waals surface area (Å²) in [6.07, 6.45) is 0.830. The van der Waals surface area contributed by atoms with Crippen molar-refractivity contribution in [2.75, 3.05) is 18.0 Å². The zero-order valence-corrected chi connectivity index (χ0v) is 11.8. The highest BCUT2D eigenvalue weighted by Crippen LogP contribution is 2.22. The van der Waals surface area contributed by atoms with E-state index in [0.29, 0.717) is 17.5 Å². The Morgan fingerprint density at radius 3 is 3.00 bits per heavy atom. The highest BCUT2D eigenvalue weighted by Gasteiger charge is 2.25. The third-order valence-corrected chi connectivity index (χ3v) is 3.10. The SMILES string of the molecule is CC#CC(=O)NC1CCN(c2cc(Cl)nc(Cl)n2)C1. The normalized spacial score (nSPS) is 17.8. The molecule has 0 spiro atoms. The first-order valence-electron chi connectivity index (χ1n) is 5.77. The Balaban J connectivity index is 2.01. The molecule has 1 atom stereocenters. The number of carbonyl (C=O) groups is 1. The molecular formula is C12H12Cl2N4O. The van der Waals surface area contributed by atoms with Gasteiger partial charge in [0.2, 0.25) is 5.28 Å². The molecule has 1 aliphatic rings. The third kappa shape index (κ3) is 3.72. The summed E-state index contributed by atoms with van der Waals surface area (Å²) in [6, 6.07) is 1.71. The van der Waals surface area contributed by atoms with Crippen molar-refractivity contribution in [1.29, 1.82) is 0 Å². The minimum absolute atomic E-state index is 0.0564. The molecule has 19 heavy (non-hydrogen) atoms. The van der Waals surface area contributed by atoms with Gasteiger partial charge in [-0.15, -0.1) is 0 Å². The predicted octanol–water partition coefficient (Wildman–Crippen LogP) is 1.50. The van der Waals surface area contributed by atoms with Crippen molar-refractivity contribution in [2.24, 2.45) is 0 Å². The van der Waals surface area contributed by atoms with E-state index in [4.69, 9.17) is 23.2 Å². The highest BCUT2D eigenvalue weighted by molar-refractivity contribution is 6.32. The first kappa shape index (κ1) is 13.9. The van der Waals surface area contributed by atoms with Crippen LogP contribution in [0.1, 0.15) is 13.3 Å². The first-order chi connectivity index (χ1) is 9.08. The monoisotopic (exact) mass is 298 g/mol. The first-order valence-corrected chi connectivity index (χ1v) is 6.52. The van der Waals surface area contributed by atoms with E-state index >= 15 is 0 Å². The summed E-state index contributed by atoms with van der Waals surface area (Å²) in [5.74, 6) is 5.44. The van der Waals surface area contributed by atoms with Crippen LogP contribution in [0.2, 0.25) is 10.4 Å². The van der Waals surface area contributed by atoms with Crippen LogP contribution in [0.3, 0.4) is 0 Å². The van der Waals surface area contributed by atoms with Gasteiger partial charge in [0.1, 0.15) is 11.0 Å². The molecule has 1 amide bonds. The molecule has 100 valence electrons. The fourth-order valence-electron chi connectivity index (χ4n) is 1.96. The van der Waals surface area contributed by atoms with Gasteiger partial charge < -0.3 is 10.2 Å². The molecule has 5 nitrogen and oxygen atoms in total. The van der Waals surface area contributed by atoms with E-state index < -0.39 is 0 Å². The Labute approximate surface area is 121 Å². The van der Waals surface area contributed by atoms with Crippen LogP contribution in [-0.2, 0) is 4.79 Å². The second kappa shape index (κ2) is 6.09. The molecule has 0 saturated carbocycles. The summed E-state index contributed by atoms with van der Waals surface area (Å²) in [6.45, 7) is 3.06. The number of anilines is 1. The predicted molar refractivity (Wildman–Crippen MR) is 74.3 cm³/mol. The Kier molecular flexibility index (Phi) is 4.46. The molecule has 0 aliphatic carbocycles. The highest BCUT2D eigenvalue weighted by atomic mass is 35.5. The minimum Gasteiger partial charge on any atom is -0.354 e. The molecule has 1 aliphatic heterocycles. The second-order valence-electron chi connectivity index (χ2n) is 4.10. The molecule has 1 fully saturated rings. The van der Waals surface area contributed by atoms with E-state index in [0.717, 1.165) is 13.0 Å². The number of aromatic nitrogens is 2. The van der Waals surface area contributed by atoms with E-state index in [9.17, 15) is 4.79 Å². The van der Waals surface area contributed by atoms with Gasteiger partial charge in [0.15, 0.2) is 0 Å². The average Bonchev–Trinajstić information content (AvgIpc) is 2.76. The number of hydrogen-bond acceptors (Lipinski definition) is 4. The summed E-state index contributed by atoms with van der Waals surface area (Å²) in [7, 11) is 0. The van der Waals surface area contributed by atoms with E-state index in [-0.39, 0.29) is 17.2 Å². The molecule has 0 bridgehead atoms. The lowest BCUT2D eigenvalue weighted by Gasteiger charge is -2.17. The summed E-state index contributed by atoms with van der Waals surface area (Å²) in [5, 5.41) is 3.27. The number of carbonyl (C=O) groups excluding carboxylic acids is 1. The lowest BCUT2D eigenvalue weighted by Crippen LogP contribution is -2.36. The van der Waals surface area contributed by atoms with E-state index in [1.54, 1.807) is 13.0 Å². The Hall–Kier alpha value is -1.51. The number of hydrogen-bond donors (Lipinski definition) is 1. The molecule has 0 aromatic carbocycles.